The number of aliphatic hydroxyl groups excluding tert-OH is 1. The molecule has 21 heavy (non-hydrogen) atoms. The molecular weight excluding hydrogens is 292 g/mol. The zero-order valence-electron chi connectivity index (χ0n) is 12.0. The monoisotopic (exact) mass is 312 g/mol. The van der Waals surface area contributed by atoms with Crippen molar-refractivity contribution >= 4 is 17.3 Å². The van der Waals surface area contributed by atoms with E-state index in [9.17, 15) is 15.2 Å². The molecule has 0 saturated heterocycles. The number of nitro benzene ring substituents is 1. The number of hydrogen-bond acceptors (Lipinski definition) is 4. The van der Waals surface area contributed by atoms with Crippen LogP contribution in [0.1, 0.15) is 37.7 Å². The van der Waals surface area contributed by atoms with Crippen molar-refractivity contribution in [2.45, 2.75) is 38.6 Å². The first-order chi connectivity index (χ1) is 10.1. The Morgan fingerprint density at radius 1 is 1.33 bits per heavy atom. The molecule has 1 aromatic carbocycles. The lowest BCUT2D eigenvalue weighted by Gasteiger charge is -2.35. The predicted molar refractivity (Wildman–Crippen MR) is 82.4 cm³/mol. The number of nitro groups is 1. The molecule has 2 N–H and O–H groups in total. The zero-order chi connectivity index (χ0) is 15.3. The summed E-state index contributed by atoms with van der Waals surface area (Å²) in [6, 6.07) is 4.72. The highest BCUT2D eigenvalue weighted by molar-refractivity contribution is 6.30. The van der Waals surface area contributed by atoms with Crippen molar-refractivity contribution in [2.75, 3.05) is 13.2 Å². The van der Waals surface area contributed by atoms with Crippen LogP contribution < -0.4 is 5.32 Å². The molecule has 0 bridgehead atoms. The molecule has 0 atom stereocenters. The minimum Gasteiger partial charge on any atom is -0.396 e. The van der Waals surface area contributed by atoms with E-state index in [2.05, 4.69) is 5.32 Å². The third kappa shape index (κ3) is 4.15. The molecule has 5 nitrogen and oxygen atoms in total. The van der Waals surface area contributed by atoms with Crippen molar-refractivity contribution in [1.29, 1.82) is 0 Å². The van der Waals surface area contributed by atoms with Crippen LogP contribution in [0.2, 0.25) is 5.02 Å². The van der Waals surface area contributed by atoms with Gasteiger partial charge in [-0.25, -0.2) is 0 Å². The first-order valence-corrected chi connectivity index (χ1v) is 7.68. The maximum Gasteiger partial charge on any atom is 0.275 e. The molecule has 116 valence electrons. The highest BCUT2D eigenvalue weighted by atomic mass is 35.5. The summed E-state index contributed by atoms with van der Waals surface area (Å²) in [5.41, 5.74) is 0.587. The fraction of sp³-hybridized carbons (Fsp3) is 0.600. The van der Waals surface area contributed by atoms with Crippen molar-refractivity contribution < 1.29 is 10.0 Å². The fourth-order valence-corrected chi connectivity index (χ4v) is 3.18. The van der Waals surface area contributed by atoms with Crippen LogP contribution in [0.5, 0.6) is 0 Å². The Bertz CT molecular complexity index is 502. The molecule has 1 aliphatic carbocycles. The third-order valence-electron chi connectivity index (χ3n) is 4.31. The molecule has 0 aromatic heterocycles. The largest absolute Gasteiger partial charge is 0.396 e. The van der Waals surface area contributed by atoms with Gasteiger partial charge in [0.25, 0.3) is 5.69 Å². The number of benzene rings is 1. The molecule has 1 aliphatic rings. The van der Waals surface area contributed by atoms with E-state index < -0.39 is 4.92 Å². The average molecular weight is 313 g/mol. The summed E-state index contributed by atoms with van der Waals surface area (Å²) >= 11 is 5.80. The Kier molecular flexibility index (Phi) is 5.56. The smallest absolute Gasteiger partial charge is 0.275 e. The number of rotatable bonds is 6. The molecule has 6 heteroatoms. The highest BCUT2D eigenvalue weighted by Crippen LogP contribution is 2.35. The lowest BCUT2D eigenvalue weighted by Crippen LogP contribution is -2.38. The fourth-order valence-electron chi connectivity index (χ4n) is 3.01. The van der Waals surface area contributed by atoms with Crippen molar-refractivity contribution in [1.82, 2.24) is 5.32 Å². The molecule has 0 aliphatic heterocycles. The number of aliphatic hydroxyl groups is 1. The van der Waals surface area contributed by atoms with Gasteiger partial charge in [-0.15, -0.1) is 0 Å². The minimum absolute atomic E-state index is 0.0386. The SMILES string of the molecule is O=[N+]([O-])c1cc(Cl)ccc1CNCC1(CO)CCCCC1. The predicted octanol–water partition coefficient (Wildman–Crippen LogP) is 3.28. The van der Waals surface area contributed by atoms with Crippen molar-refractivity contribution in [3.63, 3.8) is 0 Å². The van der Waals surface area contributed by atoms with E-state index in [0.29, 0.717) is 23.7 Å². The van der Waals surface area contributed by atoms with Gasteiger partial charge in [0.15, 0.2) is 0 Å². The van der Waals surface area contributed by atoms with Gasteiger partial charge in [-0.05, 0) is 25.0 Å². The van der Waals surface area contributed by atoms with E-state index in [1.54, 1.807) is 12.1 Å². The van der Waals surface area contributed by atoms with E-state index in [1.165, 1.54) is 12.5 Å². The van der Waals surface area contributed by atoms with E-state index in [-0.39, 0.29) is 17.7 Å². The van der Waals surface area contributed by atoms with Crippen molar-refractivity contribution in [2.24, 2.45) is 5.41 Å². The summed E-state index contributed by atoms with van der Waals surface area (Å²) in [6.07, 6.45) is 5.54. The summed E-state index contributed by atoms with van der Waals surface area (Å²) in [7, 11) is 0. The number of nitrogens with one attached hydrogen (secondary N) is 1. The molecule has 0 spiro atoms. The topological polar surface area (TPSA) is 75.4 Å². The van der Waals surface area contributed by atoms with Gasteiger partial charge in [-0.2, -0.15) is 0 Å². The quantitative estimate of drug-likeness (QED) is 0.624. The molecule has 2 rings (SSSR count). The van der Waals surface area contributed by atoms with Crippen LogP contribution in [0.25, 0.3) is 0 Å². The Hall–Kier alpha value is -1.17. The Morgan fingerprint density at radius 2 is 2.05 bits per heavy atom. The number of hydrogen-bond donors (Lipinski definition) is 2. The molecular formula is C15H21ClN2O3. The molecule has 0 unspecified atom stereocenters. The van der Waals surface area contributed by atoms with Gasteiger partial charge in [0, 0.05) is 41.8 Å². The van der Waals surface area contributed by atoms with E-state index in [4.69, 9.17) is 11.6 Å². The lowest BCUT2D eigenvalue weighted by atomic mass is 9.74. The summed E-state index contributed by atoms with van der Waals surface area (Å²) in [6.45, 7) is 1.27. The molecule has 0 amide bonds. The van der Waals surface area contributed by atoms with Crippen LogP contribution in [0, 0.1) is 15.5 Å². The van der Waals surface area contributed by atoms with Gasteiger partial charge in [0.2, 0.25) is 0 Å². The summed E-state index contributed by atoms with van der Waals surface area (Å²) in [5, 5.41) is 24.3. The van der Waals surface area contributed by atoms with E-state index >= 15 is 0 Å². The first kappa shape index (κ1) is 16.2. The second-order valence-corrected chi connectivity index (χ2v) is 6.29. The van der Waals surface area contributed by atoms with Gasteiger partial charge in [-0.1, -0.05) is 30.9 Å². The van der Waals surface area contributed by atoms with Crippen molar-refractivity contribution in [3.05, 3.63) is 38.9 Å². The number of nitrogens with zero attached hydrogens (tertiary/aromatic N) is 1. The summed E-state index contributed by atoms with van der Waals surface area (Å²) in [4.78, 5) is 10.6. The second-order valence-electron chi connectivity index (χ2n) is 5.85. The third-order valence-corrected chi connectivity index (χ3v) is 4.54. The Morgan fingerprint density at radius 3 is 2.67 bits per heavy atom. The first-order valence-electron chi connectivity index (χ1n) is 7.31. The van der Waals surface area contributed by atoms with Gasteiger partial charge >= 0.3 is 0 Å². The molecule has 1 fully saturated rings. The van der Waals surface area contributed by atoms with Crippen molar-refractivity contribution in [3.8, 4) is 0 Å². The molecule has 1 aromatic rings. The standard InChI is InChI=1S/C15H21ClN2O3/c16-13-5-4-12(14(8-13)18(20)21)9-17-10-15(11-19)6-2-1-3-7-15/h4-5,8,17,19H,1-3,6-7,9-11H2. The van der Waals surface area contributed by atoms with Gasteiger partial charge in [-0.3, -0.25) is 10.1 Å². The highest BCUT2D eigenvalue weighted by Gasteiger charge is 2.31. The van der Waals surface area contributed by atoms with Gasteiger partial charge in [0.1, 0.15) is 0 Å². The second kappa shape index (κ2) is 7.20. The zero-order valence-corrected chi connectivity index (χ0v) is 12.7. The molecule has 0 radical (unpaired) electrons. The lowest BCUT2D eigenvalue weighted by molar-refractivity contribution is -0.385. The van der Waals surface area contributed by atoms with Gasteiger partial charge < -0.3 is 10.4 Å². The number of halogens is 1. The van der Waals surface area contributed by atoms with Crippen LogP contribution in [0.3, 0.4) is 0 Å². The maximum absolute atomic E-state index is 11.0. The minimum atomic E-state index is -0.411. The maximum atomic E-state index is 11.0. The van der Waals surface area contributed by atoms with E-state index in [1.807, 2.05) is 0 Å². The average Bonchev–Trinajstić information content (AvgIpc) is 2.49. The summed E-state index contributed by atoms with van der Waals surface area (Å²) in [5.74, 6) is 0. The molecule has 0 heterocycles. The normalized spacial score (nSPS) is 17.6. The van der Waals surface area contributed by atoms with Crippen LogP contribution in [-0.4, -0.2) is 23.2 Å². The van der Waals surface area contributed by atoms with Gasteiger partial charge in [0.05, 0.1) is 4.92 Å². The van der Waals surface area contributed by atoms with Crippen LogP contribution in [-0.2, 0) is 6.54 Å². The Labute approximate surface area is 129 Å². The Balaban J connectivity index is 1.98. The van der Waals surface area contributed by atoms with Crippen LogP contribution in [0.15, 0.2) is 18.2 Å². The van der Waals surface area contributed by atoms with Crippen LogP contribution >= 0.6 is 11.6 Å². The van der Waals surface area contributed by atoms with Crippen LogP contribution in [0.4, 0.5) is 5.69 Å². The van der Waals surface area contributed by atoms with E-state index in [0.717, 1.165) is 25.7 Å². The molecule has 1 saturated carbocycles. The summed E-state index contributed by atoms with van der Waals surface area (Å²) < 4.78 is 0.